The maximum absolute atomic E-state index is 10.9. The fourth-order valence-electron chi connectivity index (χ4n) is 2.15. The predicted octanol–water partition coefficient (Wildman–Crippen LogP) is 1.17. The van der Waals surface area contributed by atoms with Gasteiger partial charge < -0.3 is 10.4 Å². The standard InChI is InChI=1S/C12H15NO2/c1-8(14)13-11-7-6-9-4-2-3-5-10(9)12(11)15/h2-5,11-12,15H,6-7H2,1H3,(H,13,14)/t11-,12-/m0/s1. The first-order valence-electron chi connectivity index (χ1n) is 5.21. The second-order valence-corrected chi connectivity index (χ2v) is 3.99. The van der Waals surface area contributed by atoms with Crippen LogP contribution in [0, 0.1) is 0 Å². The van der Waals surface area contributed by atoms with Crippen molar-refractivity contribution in [1.82, 2.24) is 5.32 Å². The van der Waals surface area contributed by atoms with Crippen molar-refractivity contribution >= 4 is 5.91 Å². The molecule has 3 heteroatoms. The van der Waals surface area contributed by atoms with E-state index in [0.717, 1.165) is 18.4 Å². The van der Waals surface area contributed by atoms with Gasteiger partial charge in [-0.2, -0.15) is 0 Å². The van der Waals surface area contributed by atoms with Crippen molar-refractivity contribution in [2.24, 2.45) is 0 Å². The van der Waals surface area contributed by atoms with Crippen molar-refractivity contribution in [3.05, 3.63) is 35.4 Å². The van der Waals surface area contributed by atoms with Gasteiger partial charge in [0.15, 0.2) is 0 Å². The molecule has 0 heterocycles. The van der Waals surface area contributed by atoms with Gasteiger partial charge in [0.25, 0.3) is 0 Å². The molecule has 1 aliphatic carbocycles. The van der Waals surface area contributed by atoms with Crippen LogP contribution < -0.4 is 5.32 Å². The monoisotopic (exact) mass is 205 g/mol. The van der Waals surface area contributed by atoms with Crippen LogP contribution in [-0.2, 0) is 11.2 Å². The summed E-state index contributed by atoms with van der Waals surface area (Å²) in [5.74, 6) is -0.0848. The quantitative estimate of drug-likeness (QED) is 0.723. The van der Waals surface area contributed by atoms with Crippen LogP contribution in [0.5, 0.6) is 0 Å². The largest absolute Gasteiger partial charge is 0.386 e. The summed E-state index contributed by atoms with van der Waals surface area (Å²) in [6, 6.07) is 7.70. The van der Waals surface area contributed by atoms with E-state index in [-0.39, 0.29) is 11.9 Å². The molecule has 1 aromatic rings. The number of fused-ring (bicyclic) bond motifs is 1. The first-order valence-corrected chi connectivity index (χ1v) is 5.21. The Kier molecular flexibility index (Phi) is 2.73. The van der Waals surface area contributed by atoms with E-state index in [1.807, 2.05) is 24.3 Å². The van der Waals surface area contributed by atoms with Crippen molar-refractivity contribution in [3.63, 3.8) is 0 Å². The molecule has 0 aromatic heterocycles. The summed E-state index contributed by atoms with van der Waals surface area (Å²) in [7, 11) is 0. The maximum atomic E-state index is 10.9. The SMILES string of the molecule is CC(=O)N[C@H]1CCc2ccccc2[C@@H]1O. The molecule has 0 spiro atoms. The Hall–Kier alpha value is -1.35. The smallest absolute Gasteiger partial charge is 0.217 e. The topological polar surface area (TPSA) is 49.3 Å². The molecule has 1 aromatic carbocycles. The van der Waals surface area contributed by atoms with Crippen LogP contribution in [0.4, 0.5) is 0 Å². The summed E-state index contributed by atoms with van der Waals surface area (Å²) >= 11 is 0. The molecule has 1 aliphatic rings. The second kappa shape index (κ2) is 4.03. The number of carbonyl (C=O) groups is 1. The van der Waals surface area contributed by atoms with Gasteiger partial charge in [0.2, 0.25) is 5.91 Å². The summed E-state index contributed by atoms with van der Waals surface area (Å²) in [6.07, 6.45) is 1.15. The minimum Gasteiger partial charge on any atom is -0.386 e. The molecular weight excluding hydrogens is 190 g/mol. The normalized spacial score (nSPS) is 24.4. The second-order valence-electron chi connectivity index (χ2n) is 3.99. The molecule has 0 saturated heterocycles. The van der Waals surface area contributed by atoms with Gasteiger partial charge in [-0.25, -0.2) is 0 Å². The van der Waals surface area contributed by atoms with Crippen molar-refractivity contribution in [1.29, 1.82) is 0 Å². The Labute approximate surface area is 89.1 Å². The third-order valence-corrected chi connectivity index (χ3v) is 2.87. The van der Waals surface area contributed by atoms with Crippen LogP contribution in [0.15, 0.2) is 24.3 Å². The molecule has 0 saturated carbocycles. The Bertz CT molecular complexity index is 376. The third-order valence-electron chi connectivity index (χ3n) is 2.87. The zero-order valence-corrected chi connectivity index (χ0v) is 8.73. The molecule has 2 atom stereocenters. The molecule has 0 fully saturated rings. The summed E-state index contributed by atoms with van der Waals surface area (Å²) in [4.78, 5) is 10.9. The zero-order chi connectivity index (χ0) is 10.8. The molecule has 1 amide bonds. The van der Waals surface area contributed by atoms with Crippen molar-refractivity contribution in [2.45, 2.75) is 31.9 Å². The van der Waals surface area contributed by atoms with E-state index in [1.165, 1.54) is 12.5 Å². The molecule has 3 nitrogen and oxygen atoms in total. The molecule has 0 radical (unpaired) electrons. The lowest BCUT2D eigenvalue weighted by Gasteiger charge is -2.30. The first kappa shape index (κ1) is 10.2. The average Bonchev–Trinajstić information content (AvgIpc) is 2.22. The fourth-order valence-corrected chi connectivity index (χ4v) is 2.15. The Morgan fingerprint density at radius 2 is 2.20 bits per heavy atom. The molecule has 15 heavy (non-hydrogen) atoms. The Morgan fingerprint density at radius 1 is 1.47 bits per heavy atom. The van der Waals surface area contributed by atoms with Crippen LogP contribution in [-0.4, -0.2) is 17.1 Å². The summed E-state index contributed by atoms with van der Waals surface area (Å²) < 4.78 is 0. The molecule has 2 N–H and O–H groups in total. The Balaban J connectivity index is 2.22. The average molecular weight is 205 g/mol. The van der Waals surface area contributed by atoms with E-state index >= 15 is 0 Å². The molecule has 0 unspecified atom stereocenters. The zero-order valence-electron chi connectivity index (χ0n) is 8.73. The predicted molar refractivity (Wildman–Crippen MR) is 57.3 cm³/mol. The van der Waals surface area contributed by atoms with Gasteiger partial charge in [-0.3, -0.25) is 4.79 Å². The fraction of sp³-hybridized carbons (Fsp3) is 0.417. The highest BCUT2D eigenvalue weighted by atomic mass is 16.3. The summed E-state index contributed by atoms with van der Waals surface area (Å²) in [6.45, 7) is 1.48. The van der Waals surface area contributed by atoms with Gasteiger partial charge in [-0.15, -0.1) is 0 Å². The number of aliphatic hydroxyl groups is 1. The molecular formula is C12H15NO2. The van der Waals surface area contributed by atoms with Crippen LogP contribution in [0.1, 0.15) is 30.6 Å². The van der Waals surface area contributed by atoms with E-state index < -0.39 is 6.10 Å². The van der Waals surface area contributed by atoms with Gasteiger partial charge in [-0.05, 0) is 24.0 Å². The van der Waals surface area contributed by atoms with Gasteiger partial charge >= 0.3 is 0 Å². The van der Waals surface area contributed by atoms with Crippen LogP contribution >= 0.6 is 0 Å². The highest BCUT2D eigenvalue weighted by molar-refractivity contribution is 5.73. The molecule has 0 aliphatic heterocycles. The minimum atomic E-state index is -0.571. The van der Waals surface area contributed by atoms with E-state index in [9.17, 15) is 9.90 Å². The molecule has 80 valence electrons. The lowest BCUT2D eigenvalue weighted by Crippen LogP contribution is -2.40. The van der Waals surface area contributed by atoms with Gasteiger partial charge in [0, 0.05) is 6.92 Å². The van der Waals surface area contributed by atoms with Crippen molar-refractivity contribution in [3.8, 4) is 0 Å². The van der Waals surface area contributed by atoms with Crippen LogP contribution in [0.2, 0.25) is 0 Å². The van der Waals surface area contributed by atoms with Gasteiger partial charge in [-0.1, -0.05) is 24.3 Å². The first-order chi connectivity index (χ1) is 7.18. The van der Waals surface area contributed by atoms with Crippen molar-refractivity contribution in [2.75, 3.05) is 0 Å². The number of carbonyl (C=O) groups excluding carboxylic acids is 1. The number of hydrogen-bond donors (Lipinski definition) is 2. The molecule has 2 rings (SSSR count). The van der Waals surface area contributed by atoms with Crippen LogP contribution in [0.3, 0.4) is 0 Å². The van der Waals surface area contributed by atoms with E-state index in [1.54, 1.807) is 0 Å². The lowest BCUT2D eigenvalue weighted by atomic mass is 9.86. The highest BCUT2D eigenvalue weighted by Crippen LogP contribution is 2.29. The minimum absolute atomic E-state index is 0.0848. The van der Waals surface area contributed by atoms with Crippen molar-refractivity contribution < 1.29 is 9.90 Å². The molecule has 0 bridgehead atoms. The van der Waals surface area contributed by atoms with Gasteiger partial charge in [0.1, 0.15) is 0 Å². The van der Waals surface area contributed by atoms with Gasteiger partial charge in [0.05, 0.1) is 12.1 Å². The van der Waals surface area contributed by atoms with E-state index in [4.69, 9.17) is 0 Å². The lowest BCUT2D eigenvalue weighted by molar-refractivity contribution is -0.120. The van der Waals surface area contributed by atoms with E-state index in [0.29, 0.717) is 0 Å². The highest BCUT2D eigenvalue weighted by Gasteiger charge is 2.27. The number of benzene rings is 1. The van der Waals surface area contributed by atoms with E-state index in [2.05, 4.69) is 5.32 Å². The number of nitrogens with one attached hydrogen (secondary N) is 1. The number of aryl methyl sites for hydroxylation is 1. The number of rotatable bonds is 1. The third kappa shape index (κ3) is 2.02. The number of hydrogen-bond acceptors (Lipinski definition) is 2. The summed E-state index contributed by atoms with van der Waals surface area (Å²) in [5.41, 5.74) is 2.13. The Morgan fingerprint density at radius 3 is 2.93 bits per heavy atom. The summed E-state index contributed by atoms with van der Waals surface area (Å²) in [5, 5.41) is 12.8. The maximum Gasteiger partial charge on any atom is 0.217 e. The van der Waals surface area contributed by atoms with Crippen LogP contribution in [0.25, 0.3) is 0 Å². The number of aliphatic hydroxyl groups excluding tert-OH is 1. The number of amides is 1.